The van der Waals surface area contributed by atoms with Crippen LogP contribution in [0.5, 0.6) is 0 Å². The molecule has 94 valence electrons. The van der Waals surface area contributed by atoms with Crippen LogP contribution in [-0.4, -0.2) is 9.55 Å². The number of hydrogen-bond donors (Lipinski definition) is 1. The maximum Gasteiger partial charge on any atom is 0.250 e. The molecular weight excluding hydrogens is 238 g/mol. The molecule has 1 aromatic carbocycles. The molecule has 2 heterocycles. The van der Waals surface area contributed by atoms with Crippen LogP contribution in [0.1, 0.15) is 5.56 Å². The number of rotatable bonds is 2. The van der Waals surface area contributed by atoms with Gasteiger partial charge < -0.3 is 10.3 Å². The molecule has 0 saturated heterocycles. The van der Waals surface area contributed by atoms with Gasteiger partial charge in [-0.05, 0) is 29.8 Å². The van der Waals surface area contributed by atoms with Crippen molar-refractivity contribution >= 4 is 16.6 Å². The van der Waals surface area contributed by atoms with Gasteiger partial charge in [0.2, 0.25) is 0 Å². The number of pyridine rings is 2. The number of hydrogen-bond acceptors (Lipinski definition) is 3. The average molecular weight is 251 g/mol. The Bertz CT molecular complexity index is 792. The summed E-state index contributed by atoms with van der Waals surface area (Å²) in [6, 6.07) is 12.7. The van der Waals surface area contributed by atoms with Crippen LogP contribution in [0, 0.1) is 0 Å². The predicted octanol–water partition coefficient (Wildman–Crippen LogP) is 2.03. The molecule has 19 heavy (non-hydrogen) atoms. The Hall–Kier alpha value is -2.62. The average Bonchev–Trinajstić information content (AvgIpc) is 2.44. The molecule has 3 rings (SSSR count). The SMILES string of the molecule is Nc1ccc(Cn2ccccc2=O)c2ncccc12. The summed E-state index contributed by atoms with van der Waals surface area (Å²) in [4.78, 5) is 16.1. The number of fused-ring (bicyclic) bond motifs is 1. The Morgan fingerprint density at radius 3 is 2.84 bits per heavy atom. The number of nitrogens with zero attached hydrogens (tertiary/aromatic N) is 2. The Morgan fingerprint density at radius 1 is 1.11 bits per heavy atom. The van der Waals surface area contributed by atoms with Gasteiger partial charge >= 0.3 is 0 Å². The van der Waals surface area contributed by atoms with Gasteiger partial charge in [-0.3, -0.25) is 9.78 Å². The van der Waals surface area contributed by atoms with Crippen molar-refractivity contribution < 1.29 is 0 Å². The van der Waals surface area contributed by atoms with Crippen LogP contribution >= 0.6 is 0 Å². The van der Waals surface area contributed by atoms with Crippen LogP contribution in [0.3, 0.4) is 0 Å². The molecule has 0 fully saturated rings. The fraction of sp³-hybridized carbons (Fsp3) is 0.0667. The van der Waals surface area contributed by atoms with Gasteiger partial charge in [-0.2, -0.15) is 0 Å². The number of nitrogens with two attached hydrogens (primary N) is 1. The fourth-order valence-corrected chi connectivity index (χ4v) is 2.16. The third kappa shape index (κ3) is 2.08. The van der Waals surface area contributed by atoms with E-state index < -0.39 is 0 Å². The van der Waals surface area contributed by atoms with E-state index in [1.807, 2.05) is 30.3 Å². The van der Waals surface area contributed by atoms with Gasteiger partial charge in [-0.25, -0.2) is 0 Å². The van der Waals surface area contributed by atoms with E-state index in [4.69, 9.17) is 5.73 Å². The summed E-state index contributed by atoms with van der Waals surface area (Å²) < 4.78 is 1.65. The van der Waals surface area contributed by atoms with Crippen molar-refractivity contribution in [2.75, 3.05) is 5.73 Å². The van der Waals surface area contributed by atoms with Crippen LogP contribution in [-0.2, 0) is 6.54 Å². The van der Waals surface area contributed by atoms with Crippen molar-refractivity contribution in [3.63, 3.8) is 0 Å². The second kappa shape index (κ2) is 4.57. The molecule has 0 spiro atoms. The highest BCUT2D eigenvalue weighted by atomic mass is 16.1. The number of aromatic nitrogens is 2. The molecule has 0 aliphatic heterocycles. The van der Waals surface area contributed by atoms with Gasteiger partial charge in [0, 0.05) is 29.5 Å². The Kier molecular flexibility index (Phi) is 2.76. The van der Waals surface area contributed by atoms with Crippen molar-refractivity contribution in [3.8, 4) is 0 Å². The first-order valence-electron chi connectivity index (χ1n) is 6.03. The third-order valence-corrected chi connectivity index (χ3v) is 3.13. The minimum atomic E-state index is -0.0246. The molecule has 4 nitrogen and oxygen atoms in total. The van der Waals surface area contributed by atoms with Crippen LogP contribution < -0.4 is 11.3 Å². The lowest BCUT2D eigenvalue weighted by Gasteiger charge is -2.09. The molecule has 0 bridgehead atoms. The second-order valence-corrected chi connectivity index (χ2v) is 4.38. The zero-order chi connectivity index (χ0) is 13.2. The minimum Gasteiger partial charge on any atom is -0.398 e. The molecule has 4 heteroatoms. The van der Waals surface area contributed by atoms with Gasteiger partial charge in [0.1, 0.15) is 0 Å². The molecule has 0 aliphatic rings. The van der Waals surface area contributed by atoms with Gasteiger partial charge in [0.25, 0.3) is 5.56 Å². The molecule has 2 N–H and O–H groups in total. The first kappa shape index (κ1) is 11.5. The summed E-state index contributed by atoms with van der Waals surface area (Å²) in [6.45, 7) is 0.494. The molecule has 0 saturated carbocycles. The summed E-state index contributed by atoms with van der Waals surface area (Å²) in [5.41, 5.74) is 8.45. The van der Waals surface area contributed by atoms with E-state index in [1.165, 1.54) is 0 Å². The topological polar surface area (TPSA) is 60.9 Å². The predicted molar refractivity (Wildman–Crippen MR) is 76.0 cm³/mol. The van der Waals surface area contributed by atoms with E-state index in [9.17, 15) is 4.79 Å². The van der Waals surface area contributed by atoms with Gasteiger partial charge in [0.05, 0.1) is 12.1 Å². The van der Waals surface area contributed by atoms with Crippen molar-refractivity contribution in [1.29, 1.82) is 0 Å². The lowest BCUT2D eigenvalue weighted by molar-refractivity contribution is 0.763. The maximum atomic E-state index is 11.7. The van der Waals surface area contributed by atoms with Crippen molar-refractivity contribution in [2.45, 2.75) is 6.54 Å². The van der Waals surface area contributed by atoms with Crippen LogP contribution in [0.4, 0.5) is 5.69 Å². The summed E-state index contributed by atoms with van der Waals surface area (Å²) in [5.74, 6) is 0. The lowest BCUT2D eigenvalue weighted by atomic mass is 10.1. The van der Waals surface area contributed by atoms with Gasteiger partial charge in [0.15, 0.2) is 0 Å². The first-order valence-corrected chi connectivity index (χ1v) is 6.03. The third-order valence-electron chi connectivity index (χ3n) is 3.13. The zero-order valence-electron chi connectivity index (χ0n) is 10.3. The number of nitrogen functional groups attached to an aromatic ring is 1. The Balaban J connectivity index is 2.14. The summed E-state index contributed by atoms with van der Waals surface area (Å²) in [7, 11) is 0. The second-order valence-electron chi connectivity index (χ2n) is 4.38. The normalized spacial score (nSPS) is 10.7. The molecule has 0 radical (unpaired) electrons. The zero-order valence-corrected chi connectivity index (χ0v) is 10.3. The number of benzene rings is 1. The standard InChI is InChI=1S/C15H13N3O/c16-13-7-6-11(15-12(13)4-3-8-17-15)10-18-9-2-1-5-14(18)19/h1-9H,10,16H2. The van der Waals surface area contributed by atoms with Gasteiger partial charge in [-0.1, -0.05) is 12.1 Å². The van der Waals surface area contributed by atoms with E-state index >= 15 is 0 Å². The van der Waals surface area contributed by atoms with Gasteiger partial charge in [-0.15, -0.1) is 0 Å². The highest BCUT2D eigenvalue weighted by Crippen LogP contribution is 2.22. The molecule has 0 atom stereocenters. The van der Waals surface area contributed by atoms with E-state index in [2.05, 4.69) is 4.98 Å². The van der Waals surface area contributed by atoms with Crippen LogP contribution in [0.25, 0.3) is 10.9 Å². The van der Waals surface area contributed by atoms with E-state index in [0.717, 1.165) is 16.5 Å². The number of anilines is 1. The fourth-order valence-electron chi connectivity index (χ4n) is 2.16. The molecule has 0 unspecified atom stereocenters. The van der Waals surface area contributed by atoms with E-state index in [1.54, 1.807) is 29.1 Å². The summed E-state index contributed by atoms with van der Waals surface area (Å²) in [5, 5.41) is 0.920. The lowest BCUT2D eigenvalue weighted by Crippen LogP contribution is -2.18. The monoisotopic (exact) mass is 251 g/mol. The van der Waals surface area contributed by atoms with Crippen LogP contribution in [0.15, 0.2) is 59.7 Å². The van der Waals surface area contributed by atoms with Crippen molar-refractivity contribution in [2.24, 2.45) is 0 Å². The minimum absolute atomic E-state index is 0.0246. The summed E-state index contributed by atoms with van der Waals surface area (Å²) in [6.07, 6.45) is 3.51. The largest absolute Gasteiger partial charge is 0.398 e. The van der Waals surface area contributed by atoms with Crippen molar-refractivity contribution in [1.82, 2.24) is 9.55 Å². The maximum absolute atomic E-state index is 11.7. The van der Waals surface area contributed by atoms with E-state index in [-0.39, 0.29) is 5.56 Å². The van der Waals surface area contributed by atoms with E-state index in [0.29, 0.717) is 12.2 Å². The van der Waals surface area contributed by atoms with Crippen molar-refractivity contribution in [3.05, 3.63) is 70.8 Å². The molecule has 2 aromatic heterocycles. The highest BCUT2D eigenvalue weighted by molar-refractivity contribution is 5.92. The molecule has 3 aromatic rings. The molecule has 0 aliphatic carbocycles. The van der Waals surface area contributed by atoms with Crippen LogP contribution in [0.2, 0.25) is 0 Å². The molecular formula is C15H13N3O. The quantitative estimate of drug-likeness (QED) is 0.709. The Morgan fingerprint density at radius 2 is 2.00 bits per heavy atom. The smallest absolute Gasteiger partial charge is 0.250 e. The first-order chi connectivity index (χ1) is 9.25. The summed E-state index contributed by atoms with van der Waals surface area (Å²) >= 11 is 0. The Labute approximate surface area is 110 Å². The highest BCUT2D eigenvalue weighted by Gasteiger charge is 2.06. The molecule has 0 amide bonds.